The van der Waals surface area contributed by atoms with E-state index >= 15 is 0 Å². The number of aromatic nitrogens is 1. The van der Waals surface area contributed by atoms with Crippen molar-refractivity contribution in [2.45, 2.75) is 30.1 Å². The minimum atomic E-state index is -3.92. The van der Waals surface area contributed by atoms with E-state index in [2.05, 4.69) is 18.8 Å². The summed E-state index contributed by atoms with van der Waals surface area (Å²) in [5.74, 6) is 1.92. The second-order valence-corrected chi connectivity index (χ2v) is 11.3. The number of amides is 1. The van der Waals surface area contributed by atoms with E-state index in [0.717, 1.165) is 23.5 Å². The summed E-state index contributed by atoms with van der Waals surface area (Å²) < 4.78 is 27.6. The Balaban J connectivity index is 1.85. The zero-order valence-electron chi connectivity index (χ0n) is 17.7. The molecule has 5 nitrogen and oxygen atoms in total. The van der Waals surface area contributed by atoms with Gasteiger partial charge in [-0.2, -0.15) is 11.8 Å². The van der Waals surface area contributed by atoms with Crippen LogP contribution >= 0.6 is 11.8 Å². The molecule has 0 aliphatic carbocycles. The van der Waals surface area contributed by atoms with Gasteiger partial charge < -0.3 is 4.90 Å². The van der Waals surface area contributed by atoms with Crippen LogP contribution in [0, 0.1) is 5.92 Å². The molecule has 4 rings (SSSR count). The Labute approximate surface area is 187 Å². The Hall–Kier alpha value is -2.38. The number of rotatable bonds is 5. The van der Waals surface area contributed by atoms with Crippen LogP contribution < -0.4 is 0 Å². The lowest BCUT2D eigenvalue weighted by Gasteiger charge is -2.27. The monoisotopic (exact) mass is 454 g/mol. The molecule has 0 saturated carbocycles. The van der Waals surface area contributed by atoms with Gasteiger partial charge in [0.05, 0.1) is 20.9 Å². The van der Waals surface area contributed by atoms with Gasteiger partial charge in [-0.1, -0.05) is 44.2 Å². The average Bonchev–Trinajstić information content (AvgIpc) is 2.78. The molecule has 1 saturated heterocycles. The van der Waals surface area contributed by atoms with Crippen molar-refractivity contribution in [1.82, 2.24) is 9.88 Å². The van der Waals surface area contributed by atoms with Crippen LogP contribution in [0.3, 0.4) is 0 Å². The summed E-state index contributed by atoms with van der Waals surface area (Å²) in [5, 5.41) is 0.478. The van der Waals surface area contributed by atoms with Crippen molar-refractivity contribution >= 4 is 38.4 Å². The van der Waals surface area contributed by atoms with E-state index in [1.54, 1.807) is 47.0 Å². The Morgan fingerprint density at radius 2 is 1.74 bits per heavy atom. The molecule has 1 amide bonds. The molecule has 0 radical (unpaired) electrons. The summed E-state index contributed by atoms with van der Waals surface area (Å²) in [6.45, 7) is 5.48. The number of para-hydroxylation sites is 1. The van der Waals surface area contributed by atoms with E-state index in [1.807, 2.05) is 18.2 Å². The van der Waals surface area contributed by atoms with Crippen molar-refractivity contribution in [3.63, 3.8) is 0 Å². The van der Waals surface area contributed by atoms with Gasteiger partial charge in [0, 0.05) is 36.2 Å². The zero-order valence-corrected chi connectivity index (χ0v) is 19.4. The second-order valence-electron chi connectivity index (χ2n) is 8.17. The number of carbonyl (C=O) groups excluding carboxylic acids is 1. The number of hydrogen-bond donors (Lipinski definition) is 0. The topological polar surface area (TPSA) is 67.3 Å². The predicted molar refractivity (Wildman–Crippen MR) is 125 cm³/mol. The van der Waals surface area contributed by atoms with Crippen LogP contribution in [0.4, 0.5) is 0 Å². The van der Waals surface area contributed by atoms with Crippen molar-refractivity contribution in [2.75, 3.05) is 24.6 Å². The molecule has 1 aliphatic heterocycles. The minimum absolute atomic E-state index is 0.0536. The van der Waals surface area contributed by atoms with Crippen molar-refractivity contribution in [1.29, 1.82) is 0 Å². The Morgan fingerprint density at radius 3 is 2.42 bits per heavy atom. The molecular weight excluding hydrogens is 428 g/mol. The maximum absolute atomic E-state index is 13.8. The molecule has 1 aliphatic rings. The zero-order chi connectivity index (χ0) is 22.0. The summed E-state index contributed by atoms with van der Waals surface area (Å²) >= 11 is 1.80. The predicted octanol–water partition coefficient (Wildman–Crippen LogP) is 4.46. The first-order chi connectivity index (χ1) is 14.9. The van der Waals surface area contributed by atoms with Crippen LogP contribution in [-0.2, 0) is 16.3 Å². The van der Waals surface area contributed by atoms with Crippen LogP contribution in [0.15, 0.2) is 64.5 Å². The molecule has 1 aromatic heterocycles. The third kappa shape index (κ3) is 4.48. The molecule has 0 spiro atoms. The quantitative estimate of drug-likeness (QED) is 0.570. The smallest absolute Gasteiger partial charge is 0.256 e. The number of thioether (sulfide) groups is 1. The SMILES string of the molecule is CC(C)Cc1ccc(S(=O)(=O)c2c(C(=O)N3CCSCC3)cnc3ccccc23)cc1. The first-order valence-electron chi connectivity index (χ1n) is 10.5. The van der Waals surface area contributed by atoms with Gasteiger partial charge in [-0.25, -0.2) is 8.42 Å². The van der Waals surface area contributed by atoms with Crippen LogP contribution in [0.1, 0.15) is 29.8 Å². The van der Waals surface area contributed by atoms with Gasteiger partial charge >= 0.3 is 0 Å². The second kappa shape index (κ2) is 9.01. The average molecular weight is 455 g/mol. The molecule has 3 aromatic rings. The number of sulfone groups is 1. The Bertz CT molecular complexity index is 1200. The Morgan fingerprint density at radius 1 is 1.06 bits per heavy atom. The third-order valence-corrected chi connectivity index (χ3v) is 8.21. The van der Waals surface area contributed by atoms with E-state index in [1.165, 1.54) is 6.20 Å². The van der Waals surface area contributed by atoms with E-state index in [-0.39, 0.29) is 21.3 Å². The van der Waals surface area contributed by atoms with Gasteiger partial charge in [-0.3, -0.25) is 9.78 Å². The third-order valence-electron chi connectivity index (χ3n) is 5.40. The van der Waals surface area contributed by atoms with Crippen molar-refractivity contribution in [3.05, 3.63) is 65.9 Å². The number of benzene rings is 2. The van der Waals surface area contributed by atoms with Gasteiger partial charge in [0.2, 0.25) is 9.84 Å². The minimum Gasteiger partial charge on any atom is -0.337 e. The van der Waals surface area contributed by atoms with E-state index < -0.39 is 9.84 Å². The van der Waals surface area contributed by atoms with E-state index in [9.17, 15) is 13.2 Å². The van der Waals surface area contributed by atoms with Gasteiger partial charge in [-0.15, -0.1) is 0 Å². The number of carbonyl (C=O) groups is 1. The fraction of sp³-hybridized carbons (Fsp3) is 0.333. The lowest BCUT2D eigenvalue weighted by molar-refractivity contribution is 0.0768. The van der Waals surface area contributed by atoms with Crippen LogP contribution in [-0.4, -0.2) is 48.8 Å². The molecule has 7 heteroatoms. The summed E-state index contributed by atoms with van der Waals surface area (Å²) in [4.78, 5) is 19.7. The van der Waals surface area contributed by atoms with Crippen LogP contribution in [0.25, 0.3) is 10.9 Å². The maximum Gasteiger partial charge on any atom is 0.256 e. The molecule has 1 fully saturated rings. The lowest BCUT2D eigenvalue weighted by Crippen LogP contribution is -2.38. The highest BCUT2D eigenvalue weighted by atomic mass is 32.2. The molecule has 0 bridgehead atoms. The van der Waals surface area contributed by atoms with Crippen LogP contribution in [0.2, 0.25) is 0 Å². The highest BCUT2D eigenvalue weighted by Crippen LogP contribution is 2.32. The highest BCUT2D eigenvalue weighted by Gasteiger charge is 2.30. The summed E-state index contributed by atoms with van der Waals surface area (Å²) in [6.07, 6.45) is 2.31. The van der Waals surface area contributed by atoms with E-state index in [0.29, 0.717) is 29.9 Å². The number of hydrogen-bond acceptors (Lipinski definition) is 5. The largest absolute Gasteiger partial charge is 0.337 e. The first-order valence-corrected chi connectivity index (χ1v) is 13.1. The summed E-state index contributed by atoms with van der Waals surface area (Å²) in [5.41, 5.74) is 1.80. The van der Waals surface area contributed by atoms with Crippen LogP contribution in [0.5, 0.6) is 0 Å². The van der Waals surface area contributed by atoms with Gasteiger partial charge in [0.15, 0.2) is 0 Å². The number of pyridine rings is 1. The molecule has 0 N–H and O–H groups in total. The molecule has 2 aromatic carbocycles. The standard InChI is InChI=1S/C24H26N2O3S2/c1-17(2)15-18-7-9-19(10-8-18)31(28,29)23-20-5-3-4-6-22(20)25-16-21(23)24(27)26-11-13-30-14-12-26/h3-10,16-17H,11-15H2,1-2H3. The molecule has 2 heterocycles. The number of fused-ring (bicyclic) bond motifs is 1. The van der Waals surface area contributed by atoms with Crippen molar-refractivity contribution in [2.24, 2.45) is 5.92 Å². The molecular formula is C24H26N2O3S2. The lowest BCUT2D eigenvalue weighted by atomic mass is 10.0. The van der Waals surface area contributed by atoms with Gasteiger partial charge in [-0.05, 0) is 36.1 Å². The summed E-state index contributed by atoms with van der Waals surface area (Å²) in [7, 11) is -3.92. The molecule has 0 atom stereocenters. The highest BCUT2D eigenvalue weighted by molar-refractivity contribution is 7.99. The molecule has 0 unspecified atom stereocenters. The molecule has 31 heavy (non-hydrogen) atoms. The van der Waals surface area contributed by atoms with Crippen molar-refractivity contribution in [3.8, 4) is 0 Å². The van der Waals surface area contributed by atoms with Gasteiger partial charge in [0.25, 0.3) is 5.91 Å². The number of nitrogens with zero attached hydrogens (tertiary/aromatic N) is 2. The normalized spacial score (nSPS) is 14.9. The molecule has 162 valence electrons. The maximum atomic E-state index is 13.8. The fourth-order valence-electron chi connectivity index (χ4n) is 3.89. The van der Waals surface area contributed by atoms with Gasteiger partial charge in [0.1, 0.15) is 0 Å². The van der Waals surface area contributed by atoms with Crippen molar-refractivity contribution < 1.29 is 13.2 Å². The first kappa shape index (κ1) is 21.8. The Kier molecular flexibility index (Phi) is 6.34. The summed E-state index contributed by atoms with van der Waals surface area (Å²) in [6, 6.07) is 14.1. The van der Waals surface area contributed by atoms with E-state index in [4.69, 9.17) is 0 Å². The fourth-order valence-corrected chi connectivity index (χ4v) is 6.41.